The SMILES string of the molecule is C#CCn1c(=NC(=O)c2cc3cccc(OC)c3o2)sc2ccc([N+](=O)[O-])cc21. The Balaban J connectivity index is 1.85. The number of thiazole rings is 1. The molecule has 0 N–H and O–H groups in total. The molecule has 144 valence electrons. The van der Waals surface area contributed by atoms with Crippen molar-refractivity contribution in [3.8, 4) is 18.1 Å². The number of non-ortho nitro benzene ring substituents is 1. The molecule has 2 heterocycles. The average Bonchev–Trinajstić information content (AvgIpc) is 3.29. The Labute approximate surface area is 167 Å². The van der Waals surface area contributed by atoms with E-state index in [0.717, 1.165) is 4.70 Å². The Morgan fingerprint density at radius 1 is 1.38 bits per heavy atom. The number of amides is 1. The van der Waals surface area contributed by atoms with Gasteiger partial charge in [-0.05, 0) is 18.2 Å². The summed E-state index contributed by atoms with van der Waals surface area (Å²) in [5, 5.41) is 11.8. The highest BCUT2D eigenvalue weighted by Crippen LogP contribution is 2.29. The number of benzene rings is 2. The molecule has 0 aliphatic rings. The summed E-state index contributed by atoms with van der Waals surface area (Å²) >= 11 is 1.21. The summed E-state index contributed by atoms with van der Waals surface area (Å²) in [5.74, 6) is 2.47. The summed E-state index contributed by atoms with van der Waals surface area (Å²) in [6, 6.07) is 11.3. The topological polar surface area (TPSA) is 99.9 Å². The Bertz CT molecular complexity index is 1390. The number of aromatic nitrogens is 1. The van der Waals surface area contributed by atoms with E-state index in [1.807, 2.05) is 0 Å². The maximum Gasteiger partial charge on any atom is 0.315 e. The number of rotatable bonds is 4. The van der Waals surface area contributed by atoms with E-state index in [1.54, 1.807) is 34.9 Å². The molecular weight excluding hydrogens is 394 g/mol. The van der Waals surface area contributed by atoms with E-state index in [4.69, 9.17) is 15.6 Å². The van der Waals surface area contributed by atoms with Gasteiger partial charge in [-0.1, -0.05) is 29.4 Å². The van der Waals surface area contributed by atoms with Gasteiger partial charge in [0.15, 0.2) is 21.9 Å². The minimum absolute atomic E-state index is 0.0557. The van der Waals surface area contributed by atoms with Gasteiger partial charge in [-0.3, -0.25) is 14.9 Å². The molecule has 1 amide bonds. The fourth-order valence-electron chi connectivity index (χ4n) is 2.94. The molecule has 0 radical (unpaired) electrons. The van der Waals surface area contributed by atoms with Crippen LogP contribution in [0, 0.1) is 22.5 Å². The van der Waals surface area contributed by atoms with Gasteiger partial charge >= 0.3 is 5.91 Å². The second kappa shape index (κ2) is 7.26. The summed E-state index contributed by atoms with van der Waals surface area (Å²) in [7, 11) is 1.52. The fourth-order valence-corrected chi connectivity index (χ4v) is 3.95. The monoisotopic (exact) mass is 407 g/mol. The van der Waals surface area contributed by atoms with Gasteiger partial charge < -0.3 is 13.7 Å². The van der Waals surface area contributed by atoms with Crippen molar-refractivity contribution in [2.24, 2.45) is 4.99 Å². The van der Waals surface area contributed by atoms with Gasteiger partial charge in [0.1, 0.15) is 0 Å². The lowest BCUT2D eigenvalue weighted by molar-refractivity contribution is -0.384. The van der Waals surface area contributed by atoms with Crippen molar-refractivity contribution in [3.05, 3.63) is 63.1 Å². The van der Waals surface area contributed by atoms with E-state index in [9.17, 15) is 14.9 Å². The zero-order valence-electron chi connectivity index (χ0n) is 15.1. The summed E-state index contributed by atoms with van der Waals surface area (Å²) in [5.41, 5.74) is 0.931. The van der Waals surface area contributed by atoms with Crippen molar-refractivity contribution in [3.63, 3.8) is 0 Å². The lowest BCUT2D eigenvalue weighted by atomic mass is 10.2. The Hall–Kier alpha value is -3.90. The van der Waals surface area contributed by atoms with Crippen LogP contribution in [-0.4, -0.2) is 22.5 Å². The van der Waals surface area contributed by atoms with Crippen molar-refractivity contribution in [1.82, 2.24) is 4.57 Å². The van der Waals surface area contributed by atoms with Crippen LogP contribution in [0.2, 0.25) is 0 Å². The highest BCUT2D eigenvalue weighted by Gasteiger charge is 2.16. The second-order valence-corrected chi connectivity index (χ2v) is 7.00. The molecular formula is C20H13N3O5S. The molecule has 4 rings (SSSR count). The molecule has 2 aromatic heterocycles. The number of terminal acetylenes is 1. The first-order valence-corrected chi connectivity index (χ1v) is 9.20. The molecule has 8 nitrogen and oxygen atoms in total. The quantitative estimate of drug-likeness (QED) is 0.291. The largest absolute Gasteiger partial charge is 0.493 e. The third-order valence-electron chi connectivity index (χ3n) is 4.26. The second-order valence-electron chi connectivity index (χ2n) is 5.99. The molecule has 4 aromatic rings. The smallest absolute Gasteiger partial charge is 0.315 e. The lowest BCUT2D eigenvalue weighted by Crippen LogP contribution is -2.16. The molecule has 0 fully saturated rings. The molecule has 0 saturated carbocycles. The molecule has 0 spiro atoms. The molecule has 9 heteroatoms. The van der Waals surface area contributed by atoms with Crippen LogP contribution < -0.4 is 9.54 Å². The highest BCUT2D eigenvalue weighted by atomic mass is 32.1. The Kier molecular flexibility index (Phi) is 4.62. The van der Waals surface area contributed by atoms with Crippen molar-refractivity contribution in [2.75, 3.05) is 7.11 Å². The number of hydrogen-bond donors (Lipinski definition) is 0. The van der Waals surface area contributed by atoms with Crippen LogP contribution >= 0.6 is 11.3 Å². The number of furan rings is 1. The molecule has 0 aliphatic heterocycles. The van der Waals surface area contributed by atoms with Crippen molar-refractivity contribution < 1.29 is 18.9 Å². The van der Waals surface area contributed by atoms with E-state index in [0.29, 0.717) is 27.0 Å². The van der Waals surface area contributed by atoms with Gasteiger partial charge in [0, 0.05) is 17.5 Å². The number of nitro benzene ring substituents is 1. The summed E-state index contributed by atoms with van der Waals surface area (Å²) in [6.07, 6.45) is 5.44. The molecule has 0 aliphatic carbocycles. The zero-order chi connectivity index (χ0) is 20.5. The van der Waals surface area contributed by atoms with Crippen LogP contribution in [0.3, 0.4) is 0 Å². The summed E-state index contributed by atoms with van der Waals surface area (Å²) in [4.78, 5) is 27.8. The maximum atomic E-state index is 12.7. The first kappa shape index (κ1) is 18.5. The third-order valence-corrected chi connectivity index (χ3v) is 5.32. The number of fused-ring (bicyclic) bond motifs is 2. The number of nitrogens with zero attached hydrogens (tertiary/aromatic N) is 3. The number of methoxy groups -OCH3 is 1. The minimum Gasteiger partial charge on any atom is -0.493 e. The van der Waals surface area contributed by atoms with E-state index >= 15 is 0 Å². The van der Waals surface area contributed by atoms with Gasteiger partial charge in [0.2, 0.25) is 0 Å². The van der Waals surface area contributed by atoms with Crippen LogP contribution in [-0.2, 0) is 6.54 Å². The van der Waals surface area contributed by atoms with Gasteiger partial charge in [-0.25, -0.2) is 0 Å². The van der Waals surface area contributed by atoms with Gasteiger partial charge in [-0.15, -0.1) is 6.42 Å². The fraction of sp³-hybridized carbons (Fsp3) is 0.100. The summed E-state index contributed by atoms with van der Waals surface area (Å²) in [6.45, 7) is 0.112. The number of para-hydroxylation sites is 1. The van der Waals surface area contributed by atoms with Crippen LogP contribution in [0.1, 0.15) is 10.6 Å². The van der Waals surface area contributed by atoms with E-state index in [2.05, 4.69) is 10.9 Å². The number of carbonyl (C=O) groups excluding carboxylic acids is 1. The first-order valence-electron chi connectivity index (χ1n) is 8.38. The minimum atomic E-state index is -0.588. The van der Waals surface area contributed by atoms with Gasteiger partial charge in [0.05, 0.1) is 28.8 Å². The van der Waals surface area contributed by atoms with Crippen LogP contribution in [0.4, 0.5) is 5.69 Å². The Morgan fingerprint density at radius 2 is 2.21 bits per heavy atom. The molecule has 0 atom stereocenters. The number of nitro groups is 1. The predicted octanol–water partition coefficient (Wildman–Crippen LogP) is 3.74. The molecule has 0 bridgehead atoms. The predicted molar refractivity (Wildman–Crippen MR) is 108 cm³/mol. The van der Waals surface area contributed by atoms with Gasteiger partial charge in [0.25, 0.3) is 5.69 Å². The van der Waals surface area contributed by atoms with E-state index < -0.39 is 10.8 Å². The van der Waals surface area contributed by atoms with E-state index in [1.165, 1.54) is 30.6 Å². The highest BCUT2D eigenvalue weighted by molar-refractivity contribution is 7.16. The number of hydrogen-bond acceptors (Lipinski definition) is 6. The molecule has 0 unspecified atom stereocenters. The van der Waals surface area contributed by atoms with Gasteiger partial charge in [-0.2, -0.15) is 4.99 Å². The normalized spacial score (nSPS) is 11.7. The third kappa shape index (κ3) is 3.26. The van der Waals surface area contributed by atoms with Crippen LogP contribution in [0.5, 0.6) is 5.75 Å². The number of carbonyl (C=O) groups is 1. The molecule has 29 heavy (non-hydrogen) atoms. The standard InChI is InChI=1S/C20H13N3O5S/c1-3-9-22-14-11-13(23(25)26)7-8-17(14)29-20(22)21-19(24)16-10-12-5-4-6-15(27-2)18(12)28-16/h1,4-8,10-11H,9H2,2H3. The van der Waals surface area contributed by atoms with Crippen LogP contribution in [0.25, 0.3) is 21.2 Å². The van der Waals surface area contributed by atoms with Crippen LogP contribution in [0.15, 0.2) is 51.9 Å². The Morgan fingerprint density at radius 3 is 2.93 bits per heavy atom. The average molecular weight is 407 g/mol. The maximum absolute atomic E-state index is 12.7. The first-order chi connectivity index (χ1) is 14.0. The molecule has 2 aromatic carbocycles. The van der Waals surface area contributed by atoms with Crippen molar-refractivity contribution >= 4 is 44.1 Å². The van der Waals surface area contributed by atoms with Crippen molar-refractivity contribution in [2.45, 2.75) is 6.54 Å². The summed E-state index contributed by atoms with van der Waals surface area (Å²) < 4.78 is 13.2. The lowest BCUT2D eigenvalue weighted by Gasteiger charge is -1.99. The molecule has 0 saturated heterocycles. The van der Waals surface area contributed by atoms with E-state index in [-0.39, 0.29) is 18.0 Å². The zero-order valence-corrected chi connectivity index (χ0v) is 15.9. The number of ether oxygens (including phenoxy) is 1. The van der Waals surface area contributed by atoms with Crippen molar-refractivity contribution in [1.29, 1.82) is 0 Å².